The van der Waals surface area contributed by atoms with Gasteiger partial charge in [0.05, 0.1) is 37.3 Å². The first-order chi connectivity index (χ1) is 10.7. The van der Waals surface area contributed by atoms with Crippen LogP contribution in [0.3, 0.4) is 0 Å². The summed E-state index contributed by atoms with van der Waals surface area (Å²) in [6.45, 7) is 1.95. The summed E-state index contributed by atoms with van der Waals surface area (Å²) in [5.74, 6) is 1.85. The van der Waals surface area contributed by atoms with Crippen molar-refractivity contribution in [3.05, 3.63) is 42.2 Å². The molecule has 0 spiro atoms. The summed E-state index contributed by atoms with van der Waals surface area (Å²) in [4.78, 5) is 13.1. The van der Waals surface area contributed by atoms with E-state index in [1.165, 1.54) is 0 Å². The average molecular weight is 296 g/mol. The first kappa shape index (κ1) is 14.1. The van der Waals surface area contributed by atoms with Crippen LogP contribution in [-0.4, -0.2) is 29.2 Å². The number of nitrogens with one attached hydrogen (secondary N) is 1. The van der Waals surface area contributed by atoms with Gasteiger partial charge in [0, 0.05) is 17.5 Å². The molecule has 6 heteroatoms. The normalized spacial score (nSPS) is 10.5. The van der Waals surface area contributed by atoms with Crippen molar-refractivity contribution < 1.29 is 9.47 Å². The van der Waals surface area contributed by atoms with Crippen molar-refractivity contribution in [2.24, 2.45) is 0 Å². The second-order valence-corrected chi connectivity index (χ2v) is 4.73. The number of aromatic nitrogens is 3. The minimum atomic E-state index is 0.519. The molecule has 0 aliphatic heterocycles. The third kappa shape index (κ3) is 2.76. The topological polar surface area (TPSA) is 69.2 Å². The van der Waals surface area contributed by atoms with E-state index in [0.29, 0.717) is 11.8 Å². The maximum absolute atomic E-state index is 5.24. The molecule has 1 N–H and O–H groups in total. The molecular formula is C16H16N4O2. The van der Waals surface area contributed by atoms with Crippen LogP contribution in [0.25, 0.3) is 10.9 Å². The molecule has 0 aliphatic rings. The first-order valence-corrected chi connectivity index (χ1v) is 6.79. The Morgan fingerprint density at radius 2 is 1.86 bits per heavy atom. The summed E-state index contributed by atoms with van der Waals surface area (Å²) in [6.07, 6.45) is 1.67. The molecule has 22 heavy (non-hydrogen) atoms. The van der Waals surface area contributed by atoms with E-state index in [1.54, 1.807) is 26.5 Å². The molecule has 0 radical (unpaired) electrons. The molecule has 0 amide bonds. The van der Waals surface area contributed by atoms with Crippen LogP contribution in [0.5, 0.6) is 11.6 Å². The fourth-order valence-corrected chi connectivity index (χ4v) is 2.16. The van der Waals surface area contributed by atoms with Gasteiger partial charge in [-0.15, -0.1) is 0 Å². The van der Waals surface area contributed by atoms with Crippen molar-refractivity contribution in [1.29, 1.82) is 0 Å². The Bertz CT molecular complexity index is 803. The Kier molecular flexibility index (Phi) is 3.74. The van der Waals surface area contributed by atoms with Crippen LogP contribution in [0.1, 0.15) is 5.69 Å². The van der Waals surface area contributed by atoms with Crippen LogP contribution in [0.2, 0.25) is 0 Å². The van der Waals surface area contributed by atoms with Gasteiger partial charge in [0.1, 0.15) is 5.75 Å². The van der Waals surface area contributed by atoms with Gasteiger partial charge < -0.3 is 14.8 Å². The molecule has 3 rings (SSSR count). The number of methoxy groups -OCH3 is 2. The van der Waals surface area contributed by atoms with E-state index in [0.717, 1.165) is 28.0 Å². The predicted octanol–water partition coefficient (Wildman–Crippen LogP) is 3.09. The number of pyridine rings is 1. The fourth-order valence-electron chi connectivity index (χ4n) is 2.16. The van der Waals surface area contributed by atoms with Crippen LogP contribution in [0, 0.1) is 6.92 Å². The van der Waals surface area contributed by atoms with E-state index in [2.05, 4.69) is 20.3 Å². The largest absolute Gasteiger partial charge is 0.497 e. The smallest absolute Gasteiger partial charge is 0.228 e. The highest BCUT2D eigenvalue weighted by molar-refractivity contribution is 5.83. The summed E-state index contributed by atoms with van der Waals surface area (Å²) in [5.41, 5.74) is 2.52. The van der Waals surface area contributed by atoms with Gasteiger partial charge in [0.15, 0.2) is 0 Å². The number of rotatable bonds is 4. The van der Waals surface area contributed by atoms with E-state index in [-0.39, 0.29) is 0 Å². The van der Waals surface area contributed by atoms with Crippen molar-refractivity contribution >= 4 is 22.5 Å². The predicted molar refractivity (Wildman–Crippen MR) is 84.9 cm³/mol. The van der Waals surface area contributed by atoms with Gasteiger partial charge >= 0.3 is 0 Å². The summed E-state index contributed by atoms with van der Waals surface area (Å²) in [6, 6.07) is 9.39. The van der Waals surface area contributed by atoms with E-state index in [1.807, 2.05) is 31.2 Å². The minimum absolute atomic E-state index is 0.519. The molecule has 1 aromatic carbocycles. The number of anilines is 2. The van der Waals surface area contributed by atoms with Crippen molar-refractivity contribution in [1.82, 2.24) is 15.0 Å². The molecule has 0 unspecified atom stereocenters. The number of benzene rings is 1. The number of hydrogen-bond donors (Lipinski definition) is 1. The van der Waals surface area contributed by atoms with Crippen LogP contribution in [0.15, 0.2) is 36.5 Å². The van der Waals surface area contributed by atoms with Crippen molar-refractivity contribution in [3.63, 3.8) is 0 Å². The van der Waals surface area contributed by atoms with Gasteiger partial charge in [-0.1, -0.05) is 0 Å². The summed E-state index contributed by atoms with van der Waals surface area (Å²) < 4.78 is 10.3. The number of hydrogen-bond acceptors (Lipinski definition) is 6. The van der Waals surface area contributed by atoms with Crippen molar-refractivity contribution in [2.45, 2.75) is 6.92 Å². The SMILES string of the molecule is COc1ccc2c(C)nc(Nc3ccc(OC)nc3)nc2c1. The molecule has 0 atom stereocenters. The Hall–Kier alpha value is -2.89. The van der Waals surface area contributed by atoms with Crippen LogP contribution < -0.4 is 14.8 Å². The van der Waals surface area contributed by atoms with Gasteiger partial charge in [-0.2, -0.15) is 0 Å². The number of fused-ring (bicyclic) bond motifs is 1. The summed E-state index contributed by atoms with van der Waals surface area (Å²) in [7, 11) is 3.22. The average Bonchev–Trinajstić information content (AvgIpc) is 2.55. The molecule has 2 aromatic heterocycles. The van der Waals surface area contributed by atoms with Gasteiger partial charge in [0.2, 0.25) is 11.8 Å². The molecule has 2 heterocycles. The standard InChI is InChI=1S/C16H16N4O2/c1-10-13-6-5-12(21-2)8-14(13)20-16(18-10)19-11-4-7-15(22-3)17-9-11/h4-9H,1-3H3,(H,18,19,20). The van der Waals surface area contributed by atoms with Gasteiger partial charge in [-0.3, -0.25) is 0 Å². The van der Waals surface area contributed by atoms with Gasteiger partial charge in [0.25, 0.3) is 0 Å². The van der Waals surface area contributed by atoms with Crippen LogP contribution >= 0.6 is 0 Å². The molecule has 0 fully saturated rings. The third-order valence-electron chi connectivity index (χ3n) is 3.30. The van der Waals surface area contributed by atoms with E-state index >= 15 is 0 Å². The third-order valence-corrected chi connectivity index (χ3v) is 3.30. The summed E-state index contributed by atoms with van der Waals surface area (Å²) in [5, 5.41) is 4.14. The Labute approximate surface area is 128 Å². The lowest BCUT2D eigenvalue weighted by molar-refractivity contribution is 0.398. The number of nitrogens with zero attached hydrogens (tertiary/aromatic N) is 3. The molecular weight excluding hydrogens is 280 g/mol. The Balaban J connectivity index is 1.95. The van der Waals surface area contributed by atoms with Crippen molar-refractivity contribution in [3.8, 4) is 11.6 Å². The monoisotopic (exact) mass is 296 g/mol. The molecule has 0 bridgehead atoms. The zero-order valence-electron chi connectivity index (χ0n) is 12.6. The lowest BCUT2D eigenvalue weighted by atomic mass is 10.2. The minimum Gasteiger partial charge on any atom is -0.497 e. The zero-order valence-corrected chi connectivity index (χ0v) is 12.6. The molecule has 0 saturated carbocycles. The molecule has 112 valence electrons. The molecule has 3 aromatic rings. The summed E-state index contributed by atoms with van der Waals surface area (Å²) >= 11 is 0. The lowest BCUT2D eigenvalue weighted by Gasteiger charge is -2.09. The van der Waals surface area contributed by atoms with E-state index in [4.69, 9.17) is 9.47 Å². The van der Waals surface area contributed by atoms with E-state index in [9.17, 15) is 0 Å². The van der Waals surface area contributed by atoms with Crippen molar-refractivity contribution in [2.75, 3.05) is 19.5 Å². The van der Waals surface area contributed by atoms with Gasteiger partial charge in [-0.25, -0.2) is 15.0 Å². The molecule has 6 nitrogen and oxygen atoms in total. The van der Waals surface area contributed by atoms with Crippen LogP contribution in [0.4, 0.5) is 11.6 Å². The highest BCUT2D eigenvalue weighted by Gasteiger charge is 2.06. The number of aryl methyl sites for hydroxylation is 1. The Morgan fingerprint density at radius 3 is 2.55 bits per heavy atom. The van der Waals surface area contributed by atoms with E-state index < -0.39 is 0 Å². The zero-order chi connectivity index (χ0) is 15.5. The second kappa shape index (κ2) is 5.85. The lowest BCUT2D eigenvalue weighted by Crippen LogP contribution is -2.00. The van der Waals surface area contributed by atoms with Crippen LogP contribution in [-0.2, 0) is 0 Å². The quantitative estimate of drug-likeness (QED) is 0.798. The maximum Gasteiger partial charge on any atom is 0.228 e. The second-order valence-electron chi connectivity index (χ2n) is 4.73. The number of ether oxygens (including phenoxy) is 2. The highest BCUT2D eigenvalue weighted by atomic mass is 16.5. The molecule has 0 saturated heterocycles. The fraction of sp³-hybridized carbons (Fsp3) is 0.188. The first-order valence-electron chi connectivity index (χ1n) is 6.79. The van der Waals surface area contributed by atoms with Gasteiger partial charge in [-0.05, 0) is 25.1 Å². The molecule has 0 aliphatic carbocycles. The highest BCUT2D eigenvalue weighted by Crippen LogP contribution is 2.23. The Morgan fingerprint density at radius 1 is 1.00 bits per heavy atom. The maximum atomic E-state index is 5.24.